The molecule has 0 bridgehead atoms. The fourth-order valence-electron chi connectivity index (χ4n) is 2.55. The monoisotopic (exact) mass is 367 g/mol. The van der Waals surface area contributed by atoms with Crippen LogP contribution in [-0.2, 0) is 13.1 Å². The highest BCUT2D eigenvalue weighted by Crippen LogP contribution is 2.12. The molecule has 0 aliphatic carbocycles. The van der Waals surface area contributed by atoms with Crippen LogP contribution in [0.25, 0.3) is 0 Å². The zero-order valence-corrected chi connectivity index (χ0v) is 14.7. The Bertz CT molecular complexity index is 806. The van der Waals surface area contributed by atoms with Crippen LogP contribution >= 0.6 is 0 Å². The maximum absolute atomic E-state index is 11.9. The fourth-order valence-corrected chi connectivity index (χ4v) is 2.55. The van der Waals surface area contributed by atoms with Gasteiger partial charge in [-0.25, -0.2) is 14.5 Å². The van der Waals surface area contributed by atoms with Crippen LogP contribution in [-0.4, -0.2) is 44.7 Å². The molecule has 2 aromatic rings. The molecule has 0 heterocycles. The number of carboxylic acid groups (broad SMARTS) is 2. The third-order valence-corrected chi connectivity index (χ3v) is 3.70. The van der Waals surface area contributed by atoms with Gasteiger partial charge in [-0.2, -0.15) is 0 Å². The summed E-state index contributed by atoms with van der Waals surface area (Å²) in [6.45, 7) is 4.18. The van der Waals surface area contributed by atoms with E-state index in [1.54, 1.807) is 35.2 Å². The molecule has 0 spiro atoms. The number of aliphatic imine (C=N–C) groups is 1. The minimum absolute atomic E-state index is 0.0231. The molecule has 0 aliphatic heterocycles. The van der Waals surface area contributed by atoms with Gasteiger partial charge < -0.3 is 15.1 Å². The lowest BCUT2D eigenvalue weighted by molar-refractivity contribution is 0.161. The van der Waals surface area contributed by atoms with Gasteiger partial charge in [-0.3, -0.25) is 0 Å². The van der Waals surface area contributed by atoms with E-state index in [1.807, 2.05) is 36.4 Å². The first kappa shape index (κ1) is 19.7. The lowest BCUT2D eigenvalue weighted by atomic mass is 10.2. The highest BCUT2D eigenvalue weighted by atomic mass is 16.4. The summed E-state index contributed by atoms with van der Waals surface area (Å²) in [7, 11) is 0. The van der Waals surface area contributed by atoms with Crippen LogP contribution < -0.4 is 0 Å². The van der Waals surface area contributed by atoms with Crippen molar-refractivity contribution >= 4 is 18.1 Å². The predicted octanol–water partition coefficient (Wildman–Crippen LogP) is 3.89. The van der Waals surface area contributed by atoms with Crippen molar-refractivity contribution in [2.45, 2.75) is 13.1 Å². The number of nitrogens with zero attached hydrogens (tertiary/aromatic N) is 3. The molecular weight excluding hydrogens is 346 g/mol. The summed E-state index contributed by atoms with van der Waals surface area (Å²) in [5.74, 6) is -0.164. The number of carbonyl (C=O) groups is 2. The lowest BCUT2D eigenvalue weighted by Gasteiger charge is -2.30. The quantitative estimate of drug-likeness (QED) is 0.459. The number of hydrogen-bond donors (Lipinski definition) is 2. The smallest absolute Gasteiger partial charge is 0.434 e. The zero-order valence-electron chi connectivity index (χ0n) is 14.7. The minimum Gasteiger partial charge on any atom is -0.465 e. The van der Waals surface area contributed by atoms with E-state index in [0.29, 0.717) is 0 Å². The molecule has 0 fully saturated rings. The topological polar surface area (TPSA) is 93.4 Å². The molecule has 27 heavy (non-hydrogen) atoms. The van der Waals surface area contributed by atoms with E-state index < -0.39 is 12.2 Å². The van der Waals surface area contributed by atoms with Crippen molar-refractivity contribution in [3.63, 3.8) is 0 Å². The molecule has 2 aromatic carbocycles. The SMILES string of the molecule is C=CCN(Cc1ccccc1)C(=NC(=O)O)N(Cc1ccccc1)C(=O)O. The van der Waals surface area contributed by atoms with Crippen LogP contribution in [0.2, 0.25) is 0 Å². The van der Waals surface area contributed by atoms with Crippen molar-refractivity contribution < 1.29 is 19.8 Å². The van der Waals surface area contributed by atoms with Gasteiger partial charge in [-0.15, -0.1) is 11.6 Å². The normalized spacial score (nSPS) is 10.9. The summed E-state index contributed by atoms with van der Waals surface area (Å²) in [6, 6.07) is 18.2. The van der Waals surface area contributed by atoms with Gasteiger partial charge in [0.1, 0.15) is 0 Å². The molecule has 2 N–H and O–H groups in total. The van der Waals surface area contributed by atoms with Gasteiger partial charge >= 0.3 is 12.2 Å². The summed E-state index contributed by atoms with van der Waals surface area (Å²) in [5, 5.41) is 18.9. The van der Waals surface area contributed by atoms with Crippen LogP contribution in [0.1, 0.15) is 11.1 Å². The number of rotatable bonds is 6. The van der Waals surface area contributed by atoms with Crippen molar-refractivity contribution in [3.8, 4) is 0 Å². The van der Waals surface area contributed by atoms with Gasteiger partial charge in [-0.1, -0.05) is 66.7 Å². The van der Waals surface area contributed by atoms with Gasteiger partial charge in [0, 0.05) is 13.1 Å². The molecule has 2 amide bonds. The van der Waals surface area contributed by atoms with E-state index in [2.05, 4.69) is 11.6 Å². The maximum Gasteiger partial charge on any atom is 0.434 e. The Hall–Kier alpha value is -3.61. The summed E-state index contributed by atoms with van der Waals surface area (Å²) in [6.07, 6.45) is -1.18. The molecular formula is C20H21N3O4. The first-order chi connectivity index (χ1) is 13.0. The van der Waals surface area contributed by atoms with Crippen LogP contribution in [0.3, 0.4) is 0 Å². The highest BCUT2D eigenvalue weighted by Gasteiger charge is 2.25. The Morgan fingerprint density at radius 3 is 1.89 bits per heavy atom. The van der Waals surface area contributed by atoms with Crippen LogP contribution in [0, 0.1) is 0 Å². The maximum atomic E-state index is 11.9. The van der Waals surface area contributed by atoms with Gasteiger partial charge in [0.25, 0.3) is 0 Å². The molecule has 0 saturated heterocycles. The highest BCUT2D eigenvalue weighted by molar-refractivity contribution is 5.98. The molecule has 0 atom stereocenters. The Balaban J connectivity index is 2.40. The number of guanidine groups is 1. The summed E-state index contributed by atoms with van der Waals surface area (Å²) >= 11 is 0. The fraction of sp³-hybridized carbons (Fsp3) is 0.150. The van der Waals surface area contributed by atoms with Crippen LogP contribution in [0.4, 0.5) is 9.59 Å². The molecule has 0 radical (unpaired) electrons. The zero-order chi connectivity index (χ0) is 19.6. The Morgan fingerprint density at radius 1 is 0.926 bits per heavy atom. The largest absolute Gasteiger partial charge is 0.465 e. The second-order valence-electron chi connectivity index (χ2n) is 5.70. The molecule has 0 saturated carbocycles. The van der Waals surface area contributed by atoms with E-state index in [0.717, 1.165) is 16.0 Å². The van der Waals surface area contributed by atoms with Crippen LogP contribution in [0.5, 0.6) is 0 Å². The Kier molecular flexibility index (Phi) is 7.13. The second-order valence-corrected chi connectivity index (χ2v) is 5.70. The average molecular weight is 367 g/mol. The van der Waals surface area contributed by atoms with Gasteiger partial charge in [0.2, 0.25) is 5.96 Å². The number of benzene rings is 2. The van der Waals surface area contributed by atoms with E-state index in [9.17, 15) is 19.8 Å². The van der Waals surface area contributed by atoms with Crippen molar-refractivity contribution in [1.82, 2.24) is 9.80 Å². The molecule has 2 rings (SSSR count). The summed E-state index contributed by atoms with van der Waals surface area (Å²) in [4.78, 5) is 29.2. The average Bonchev–Trinajstić information content (AvgIpc) is 2.65. The van der Waals surface area contributed by atoms with Crippen molar-refractivity contribution in [2.24, 2.45) is 4.99 Å². The van der Waals surface area contributed by atoms with Gasteiger partial charge in [0.15, 0.2) is 0 Å². The lowest BCUT2D eigenvalue weighted by Crippen LogP contribution is -2.46. The molecule has 7 nitrogen and oxygen atoms in total. The van der Waals surface area contributed by atoms with E-state index in [4.69, 9.17) is 0 Å². The first-order valence-electron chi connectivity index (χ1n) is 8.27. The minimum atomic E-state index is -1.47. The van der Waals surface area contributed by atoms with Crippen molar-refractivity contribution in [2.75, 3.05) is 6.54 Å². The Labute approximate surface area is 157 Å². The predicted molar refractivity (Wildman–Crippen MR) is 103 cm³/mol. The van der Waals surface area contributed by atoms with E-state index >= 15 is 0 Å². The standard InChI is InChI=1S/C20H21N3O4/c1-2-13-22(14-16-9-5-3-6-10-16)18(21-19(24)25)23(20(26)27)15-17-11-7-4-8-12-17/h2-12H,1,13-15H2,(H,24,25)(H,26,27). The molecule has 0 aliphatic rings. The molecule has 0 aromatic heterocycles. The van der Waals surface area contributed by atoms with E-state index in [-0.39, 0.29) is 25.6 Å². The molecule has 140 valence electrons. The summed E-state index contributed by atoms with van der Waals surface area (Å²) < 4.78 is 0. The van der Waals surface area contributed by atoms with Gasteiger partial charge in [-0.05, 0) is 11.1 Å². The number of hydrogen-bond acceptors (Lipinski definition) is 2. The second kappa shape index (κ2) is 9.76. The number of amides is 2. The third kappa shape index (κ3) is 6.00. The van der Waals surface area contributed by atoms with E-state index in [1.165, 1.54) is 0 Å². The first-order valence-corrected chi connectivity index (χ1v) is 8.27. The summed E-state index contributed by atoms with van der Waals surface area (Å²) in [5.41, 5.74) is 1.61. The van der Waals surface area contributed by atoms with Crippen molar-refractivity contribution in [1.29, 1.82) is 0 Å². The third-order valence-electron chi connectivity index (χ3n) is 3.70. The van der Waals surface area contributed by atoms with Gasteiger partial charge in [0.05, 0.1) is 6.54 Å². The Morgan fingerprint density at radius 2 is 1.44 bits per heavy atom. The van der Waals surface area contributed by atoms with Crippen LogP contribution in [0.15, 0.2) is 78.3 Å². The molecule has 0 unspecified atom stereocenters. The molecule has 7 heteroatoms. The van der Waals surface area contributed by atoms with Crippen molar-refractivity contribution in [3.05, 3.63) is 84.4 Å².